The molecule has 1 aliphatic rings. The molecule has 1 fully saturated rings. The third-order valence-corrected chi connectivity index (χ3v) is 2.09. The predicted molar refractivity (Wildman–Crippen MR) is 38.2 cm³/mol. The van der Waals surface area contributed by atoms with Gasteiger partial charge in [0.15, 0.2) is 0 Å². The van der Waals surface area contributed by atoms with E-state index in [9.17, 15) is 13.6 Å². The van der Waals surface area contributed by atoms with Crippen molar-refractivity contribution in [1.82, 2.24) is 5.32 Å². The van der Waals surface area contributed by atoms with Crippen molar-refractivity contribution < 1.29 is 18.7 Å². The average molecular weight is 179 g/mol. The van der Waals surface area contributed by atoms with Gasteiger partial charge in [0, 0.05) is 0 Å². The van der Waals surface area contributed by atoms with Gasteiger partial charge < -0.3 is 10.4 Å². The number of aliphatic carboxylic acids is 1. The lowest BCUT2D eigenvalue weighted by Gasteiger charge is -2.27. The van der Waals surface area contributed by atoms with Gasteiger partial charge in [-0.05, 0) is 19.4 Å². The molecule has 0 amide bonds. The average Bonchev–Trinajstić information content (AvgIpc) is 2.04. The maximum atomic E-state index is 12.1. The lowest BCUT2D eigenvalue weighted by Crippen LogP contribution is -2.44. The summed E-state index contributed by atoms with van der Waals surface area (Å²) >= 11 is 0. The van der Waals surface area contributed by atoms with Crippen molar-refractivity contribution in [3.05, 3.63) is 0 Å². The van der Waals surface area contributed by atoms with Gasteiger partial charge in [0.2, 0.25) is 0 Å². The quantitative estimate of drug-likeness (QED) is 0.656. The Bertz CT molecular complexity index is 175. The van der Waals surface area contributed by atoms with Gasteiger partial charge in [-0.1, -0.05) is 0 Å². The number of rotatable bonds is 2. The number of nitrogens with one attached hydrogen (secondary N) is 1. The molecular weight excluding hydrogens is 168 g/mol. The molecule has 2 atom stereocenters. The van der Waals surface area contributed by atoms with Crippen molar-refractivity contribution in [2.24, 2.45) is 5.92 Å². The lowest BCUT2D eigenvalue weighted by atomic mass is 9.93. The van der Waals surface area contributed by atoms with E-state index >= 15 is 0 Å². The summed E-state index contributed by atoms with van der Waals surface area (Å²) in [4.78, 5) is 10.4. The van der Waals surface area contributed by atoms with Crippen molar-refractivity contribution in [2.45, 2.75) is 25.3 Å². The van der Waals surface area contributed by atoms with Crippen molar-refractivity contribution in [2.75, 3.05) is 6.54 Å². The van der Waals surface area contributed by atoms with Crippen molar-refractivity contribution >= 4 is 5.97 Å². The Labute approximate surface area is 68.8 Å². The molecule has 0 bridgehead atoms. The number of carboxylic acid groups (broad SMARTS) is 1. The maximum absolute atomic E-state index is 12.1. The molecule has 0 spiro atoms. The van der Waals surface area contributed by atoms with Crippen LogP contribution in [0.5, 0.6) is 0 Å². The minimum atomic E-state index is -2.47. The first kappa shape index (κ1) is 9.38. The minimum absolute atomic E-state index is 0.0347. The van der Waals surface area contributed by atoms with E-state index in [2.05, 4.69) is 5.32 Å². The molecule has 0 aromatic rings. The van der Waals surface area contributed by atoms with Gasteiger partial charge >= 0.3 is 5.97 Å². The molecule has 0 saturated carbocycles. The number of hydrogen-bond acceptors (Lipinski definition) is 2. The fourth-order valence-corrected chi connectivity index (χ4v) is 1.37. The first-order valence-corrected chi connectivity index (χ1v) is 3.85. The summed E-state index contributed by atoms with van der Waals surface area (Å²) in [6, 6.07) is -0.945. The summed E-state index contributed by atoms with van der Waals surface area (Å²) in [6.07, 6.45) is -1.99. The van der Waals surface area contributed by atoms with Crippen LogP contribution in [0.15, 0.2) is 0 Å². The molecule has 70 valence electrons. The highest BCUT2D eigenvalue weighted by Crippen LogP contribution is 2.20. The third kappa shape index (κ3) is 2.14. The number of alkyl halides is 2. The zero-order chi connectivity index (χ0) is 9.14. The molecule has 1 saturated heterocycles. The Morgan fingerprint density at radius 1 is 1.58 bits per heavy atom. The summed E-state index contributed by atoms with van der Waals surface area (Å²) in [5, 5.41) is 11.2. The number of carbonyl (C=O) groups is 1. The smallest absolute Gasteiger partial charge is 0.306 e. The second kappa shape index (κ2) is 3.80. The van der Waals surface area contributed by atoms with Crippen molar-refractivity contribution in [1.29, 1.82) is 0 Å². The molecular formula is C7H11F2NO2. The summed E-state index contributed by atoms with van der Waals surface area (Å²) in [5.41, 5.74) is 0. The molecule has 3 nitrogen and oxygen atoms in total. The summed E-state index contributed by atoms with van der Waals surface area (Å²) in [7, 11) is 0. The molecule has 2 unspecified atom stereocenters. The number of piperidine rings is 1. The van der Waals surface area contributed by atoms with Gasteiger partial charge in [0.25, 0.3) is 6.43 Å². The zero-order valence-electron chi connectivity index (χ0n) is 6.46. The lowest BCUT2D eigenvalue weighted by molar-refractivity contribution is -0.143. The van der Waals surface area contributed by atoms with Crippen LogP contribution in [0.1, 0.15) is 12.8 Å². The highest BCUT2D eigenvalue weighted by atomic mass is 19.3. The second-order valence-electron chi connectivity index (χ2n) is 2.95. The first-order valence-electron chi connectivity index (χ1n) is 3.85. The van der Waals surface area contributed by atoms with E-state index in [4.69, 9.17) is 5.11 Å². The topological polar surface area (TPSA) is 49.3 Å². The maximum Gasteiger partial charge on any atom is 0.306 e. The van der Waals surface area contributed by atoms with Gasteiger partial charge in [0.1, 0.15) is 0 Å². The molecule has 0 aromatic carbocycles. The molecule has 1 aliphatic heterocycles. The Morgan fingerprint density at radius 2 is 2.25 bits per heavy atom. The normalized spacial score (nSPS) is 30.6. The number of halogens is 2. The van der Waals surface area contributed by atoms with Crippen LogP contribution in [0.2, 0.25) is 0 Å². The van der Waals surface area contributed by atoms with E-state index in [1.54, 1.807) is 0 Å². The van der Waals surface area contributed by atoms with E-state index in [0.717, 1.165) is 0 Å². The SMILES string of the molecule is O=C(O)C1CCNC(C(F)F)C1. The molecule has 0 aromatic heterocycles. The van der Waals surface area contributed by atoms with Crippen molar-refractivity contribution in [3.8, 4) is 0 Å². The van der Waals surface area contributed by atoms with Gasteiger partial charge in [-0.15, -0.1) is 0 Å². The molecule has 1 rings (SSSR count). The molecule has 5 heteroatoms. The van der Waals surface area contributed by atoms with Gasteiger partial charge in [-0.2, -0.15) is 0 Å². The van der Waals surface area contributed by atoms with Crippen LogP contribution in [0, 0.1) is 5.92 Å². The van der Waals surface area contributed by atoms with E-state index in [1.807, 2.05) is 0 Å². The van der Waals surface area contributed by atoms with Crippen LogP contribution in [-0.4, -0.2) is 30.1 Å². The summed E-state index contributed by atoms with van der Waals surface area (Å²) in [6.45, 7) is 0.367. The van der Waals surface area contributed by atoms with E-state index in [1.165, 1.54) is 0 Å². The summed E-state index contributed by atoms with van der Waals surface area (Å²) < 4.78 is 24.2. The second-order valence-corrected chi connectivity index (χ2v) is 2.95. The Hall–Kier alpha value is -0.710. The third-order valence-electron chi connectivity index (χ3n) is 2.09. The molecule has 1 heterocycles. The van der Waals surface area contributed by atoms with Gasteiger partial charge in [-0.3, -0.25) is 4.79 Å². The summed E-state index contributed by atoms with van der Waals surface area (Å²) in [5.74, 6) is -1.58. The standard InChI is InChI=1S/C7H11F2NO2/c8-6(9)5-3-4(7(11)12)1-2-10-5/h4-6,10H,1-3H2,(H,11,12). The number of hydrogen-bond donors (Lipinski definition) is 2. The molecule has 12 heavy (non-hydrogen) atoms. The fourth-order valence-electron chi connectivity index (χ4n) is 1.37. The molecule has 0 radical (unpaired) electrons. The zero-order valence-corrected chi connectivity index (χ0v) is 6.46. The Kier molecular flexibility index (Phi) is 2.97. The van der Waals surface area contributed by atoms with Crippen LogP contribution in [0.3, 0.4) is 0 Å². The van der Waals surface area contributed by atoms with E-state index < -0.39 is 24.4 Å². The van der Waals surface area contributed by atoms with Gasteiger partial charge in [-0.25, -0.2) is 8.78 Å². The predicted octanol–water partition coefficient (Wildman–Crippen LogP) is 0.704. The number of carboxylic acids is 1. The highest BCUT2D eigenvalue weighted by molar-refractivity contribution is 5.70. The van der Waals surface area contributed by atoms with Crippen LogP contribution in [-0.2, 0) is 4.79 Å². The molecule has 0 aliphatic carbocycles. The van der Waals surface area contributed by atoms with Crippen LogP contribution < -0.4 is 5.32 Å². The highest BCUT2D eigenvalue weighted by Gasteiger charge is 2.31. The van der Waals surface area contributed by atoms with E-state index in [-0.39, 0.29) is 6.42 Å². The van der Waals surface area contributed by atoms with Crippen LogP contribution >= 0.6 is 0 Å². The van der Waals surface area contributed by atoms with E-state index in [0.29, 0.717) is 13.0 Å². The Balaban J connectivity index is 2.46. The fraction of sp³-hybridized carbons (Fsp3) is 0.857. The minimum Gasteiger partial charge on any atom is -0.481 e. The Morgan fingerprint density at radius 3 is 2.75 bits per heavy atom. The van der Waals surface area contributed by atoms with Crippen molar-refractivity contribution in [3.63, 3.8) is 0 Å². The monoisotopic (exact) mass is 179 g/mol. The van der Waals surface area contributed by atoms with Crippen LogP contribution in [0.4, 0.5) is 8.78 Å². The van der Waals surface area contributed by atoms with Gasteiger partial charge in [0.05, 0.1) is 12.0 Å². The first-order chi connectivity index (χ1) is 5.61. The van der Waals surface area contributed by atoms with Crippen LogP contribution in [0.25, 0.3) is 0 Å². The largest absolute Gasteiger partial charge is 0.481 e. The molecule has 2 N–H and O–H groups in total.